The Labute approximate surface area is 407 Å². The fraction of sp³-hybridized carbons (Fsp3) is 0.344. The Hall–Kier alpha value is -5.73. The zero-order valence-electron chi connectivity index (χ0n) is 44.3. The van der Waals surface area contributed by atoms with E-state index in [1.165, 1.54) is 143 Å². The van der Waals surface area contributed by atoms with Gasteiger partial charge in [-0.2, -0.15) is 0 Å². The van der Waals surface area contributed by atoms with Gasteiger partial charge in [0, 0.05) is 44.0 Å². The maximum absolute atomic E-state index is 2.69. The predicted octanol–water partition coefficient (Wildman–Crippen LogP) is 12.6. The quantitative estimate of drug-likeness (QED) is 0.153. The van der Waals surface area contributed by atoms with Crippen LogP contribution in [0.25, 0.3) is 55.0 Å². The summed E-state index contributed by atoms with van der Waals surface area (Å²) in [5.74, 6) is 0. The molecule has 0 saturated carbocycles. The van der Waals surface area contributed by atoms with E-state index in [1.807, 2.05) is 0 Å². The third-order valence-electron chi connectivity index (χ3n) is 16.2. The van der Waals surface area contributed by atoms with Crippen LogP contribution in [0.1, 0.15) is 139 Å². The van der Waals surface area contributed by atoms with Gasteiger partial charge in [0.25, 0.3) is 0 Å². The molecule has 2 aromatic heterocycles. The molecule has 0 fully saturated rings. The first-order valence-corrected chi connectivity index (χ1v) is 25.3. The summed E-state index contributed by atoms with van der Waals surface area (Å²) in [5, 5.41) is 5.41. The van der Waals surface area contributed by atoms with E-state index < -0.39 is 0 Å². The molecule has 0 saturated heterocycles. The van der Waals surface area contributed by atoms with Gasteiger partial charge in [-0.05, 0) is 156 Å². The molecule has 0 atom stereocenters. The van der Waals surface area contributed by atoms with Crippen LogP contribution >= 0.6 is 0 Å². The molecular formula is C64H70B2N2. The van der Waals surface area contributed by atoms with E-state index in [9.17, 15) is 0 Å². The molecule has 0 aliphatic carbocycles. The Kier molecular flexibility index (Phi) is 9.49. The third-order valence-corrected chi connectivity index (χ3v) is 16.2. The van der Waals surface area contributed by atoms with Crippen molar-refractivity contribution in [2.75, 3.05) is 0 Å². The van der Waals surface area contributed by atoms with E-state index in [-0.39, 0.29) is 35.1 Å². The summed E-state index contributed by atoms with van der Waals surface area (Å²) in [4.78, 5) is 0. The largest absolute Gasteiger partial charge is 0.310 e. The number of fused-ring (bicyclic) bond motifs is 10. The lowest BCUT2D eigenvalue weighted by atomic mass is 9.31. The van der Waals surface area contributed by atoms with Crippen molar-refractivity contribution in [1.82, 2.24) is 9.13 Å². The maximum Gasteiger partial charge on any atom is 0.247 e. The lowest BCUT2D eigenvalue weighted by molar-refractivity contribution is 0.590. The van der Waals surface area contributed by atoms with E-state index in [1.54, 1.807) is 0 Å². The smallest absolute Gasteiger partial charge is 0.247 e. The highest BCUT2D eigenvalue weighted by atomic mass is 15.0. The normalized spacial score (nSPS) is 14.0. The summed E-state index contributed by atoms with van der Waals surface area (Å²) in [6.07, 6.45) is 0. The molecule has 68 heavy (non-hydrogen) atoms. The molecule has 342 valence electrons. The van der Waals surface area contributed by atoms with Crippen LogP contribution in [0.2, 0.25) is 0 Å². The summed E-state index contributed by atoms with van der Waals surface area (Å²) < 4.78 is 5.38. The third kappa shape index (κ3) is 6.52. The lowest BCUT2D eigenvalue weighted by Crippen LogP contribution is -2.61. The fourth-order valence-electron chi connectivity index (χ4n) is 12.8. The topological polar surface area (TPSA) is 9.86 Å². The van der Waals surface area contributed by atoms with Gasteiger partial charge in [0.05, 0.1) is 11.0 Å². The van der Waals surface area contributed by atoms with Gasteiger partial charge in [-0.25, -0.2) is 0 Å². The van der Waals surface area contributed by atoms with E-state index in [0.717, 1.165) is 0 Å². The van der Waals surface area contributed by atoms with Crippen molar-refractivity contribution in [2.45, 2.75) is 146 Å². The Morgan fingerprint density at radius 2 is 0.632 bits per heavy atom. The van der Waals surface area contributed by atoms with Crippen LogP contribution in [0.5, 0.6) is 0 Å². The molecule has 2 aliphatic rings. The molecule has 2 nitrogen and oxygen atoms in total. The summed E-state index contributed by atoms with van der Waals surface area (Å²) in [6, 6.07) is 40.0. The van der Waals surface area contributed by atoms with Crippen LogP contribution in [0, 0.1) is 41.5 Å². The Morgan fingerprint density at radius 1 is 0.324 bits per heavy atom. The van der Waals surface area contributed by atoms with Crippen LogP contribution in [-0.4, -0.2) is 22.6 Å². The highest BCUT2D eigenvalue weighted by molar-refractivity contribution is 7.00. The lowest BCUT2D eigenvalue weighted by Gasteiger charge is -2.35. The zero-order chi connectivity index (χ0) is 48.6. The predicted molar refractivity (Wildman–Crippen MR) is 301 cm³/mol. The molecule has 0 amide bonds. The van der Waals surface area contributed by atoms with Gasteiger partial charge < -0.3 is 9.13 Å². The second-order valence-electron chi connectivity index (χ2n) is 25.5. The molecule has 2 aliphatic heterocycles. The molecule has 4 heterocycles. The summed E-state index contributed by atoms with van der Waals surface area (Å²) in [6.45, 7) is 42.4. The first-order valence-electron chi connectivity index (χ1n) is 25.3. The second kappa shape index (κ2) is 14.4. The highest BCUT2D eigenvalue weighted by Crippen LogP contribution is 2.42. The molecule has 0 N–H and O–H groups in total. The van der Waals surface area contributed by atoms with Gasteiger partial charge >= 0.3 is 0 Å². The average Bonchev–Trinajstić information content (AvgIpc) is 3.74. The first-order chi connectivity index (χ1) is 31.7. The highest BCUT2D eigenvalue weighted by Gasteiger charge is 2.42. The fourth-order valence-corrected chi connectivity index (χ4v) is 12.8. The van der Waals surface area contributed by atoms with E-state index in [4.69, 9.17) is 0 Å². The van der Waals surface area contributed by atoms with Crippen molar-refractivity contribution >= 4 is 89.8 Å². The average molecular weight is 889 g/mol. The Morgan fingerprint density at radius 3 is 0.941 bits per heavy atom. The van der Waals surface area contributed by atoms with Crippen molar-refractivity contribution in [1.29, 1.82) is 0 Å². The van der Waals surface area contributed by atoms with Gasteiger partial charge in [-0.15, -0.1) is 0 Å². The SMILES string of the molecule is Cc1cc(C)c(B2c3cc4c(cc3-n3c5ccc(C(C)(C)C)cc5c5cc(C(C)(C)C)cc2c53)B(c2c(C)cc(C)cc2C)c2cc(C(C)(C)C)cc3c5cc(C(C)(C)C)ccc5n-4c23)c(C)c1. The van der Waals surface area contributed by atoms with Gasteiger partial charge in [0.15, 0.2) is 0 Å². The molecule has 7 aromatic carbocycles. The van der Waals surface area contributed by atoms with Gasteiger partial charge in [0.1, 0.15) is 0 Å². The minimum absolute atomic E-state index is 0.0116. The molecule has 0 unspecified atom stereocenters. The van der Waals surface area contributed by atoms with E-state index in [2.05, 4.69) is 231 Å². The maximum atomic E-state index is 2.69. The van der Waals surface area contributed by atoms with Gasteiger partial charge in [-0.1, -0.05) is 176 Å². The van der Waals surface area contributed by atoms with Crippen LogP contribution in [0.3, 0.4) is 0 Å². The van der Waals surface area contributed by atoms with Gasteiger partial charge in [0.2, 0.25) is 13.4 Å². The van der Waals surface area contributed by atoms with Crippen LogP contribution in [0.15, 0.2) is 97.1 Å². The van der Waals surface area contributed by atoms with Crippen LogP contribution in [-0.2, 0) is 21.7 Å². The summed E-state index contributed by atoms with van der Waals surface area (Å²) in [5.41, 5.74) is 29.8. The second-order valence-corrected chi connectivity index (χ2v) is 25.5. The Balaban J connectivity index is 1.38. The summed E-state index contributed by atoms with van der Waals surface area (Å²) >= 11 is 0. The molecule has 4 heteroatoms. The minimum Gasteiger partial charge on any atom is -0.310 e. The van der Waals surface area contributed by atoms with Crippen LogP contribution in [0.4, 0.5) is 0 Å². The number of rotatable bonds is 2. The van der Waals surface area contributed by atoms with Gasteiger partial charge in [-0.3, -0.25) is 0 Å². The van der Waals surface area contributed by atoms with Crippen LogP contribution < -0.4 is 32.8 Å². The molecule has 0 radical (unpaired) electrons. The monoisotopic (exact) mass is 889 g/mol. The van der Waals surface area contributed by atoms with E-state index in [0.29, 0.717) is 0 Å². The number of aryl methyl sites for hydroxylation is 6. The number of hydrogen-bond acceptors (Lipinski definition) is 0. The first kappa shape index (κ1) is 44.8. The molecule has 11 rings (SSSR count). The zero-order valence-corrected chi connectivity index (χ0v) is 44.3. The number of aromatic nitrogens is 2. The Bertz CT molecular complexity index is 3380. The molecular weight excluding hydrogens is 818 g/mol. The van der Waals surface area contributed by atoms with E-state index >= 15 is 0 Å². The molecule has 0 spiro atoms. The van der Waals surface area contributed by atoms with Crippen molar-refractivity contribution < 1.29 is 0 Å². The molecule has 9 aromatic rings. The standard InChI is InChI=1S/C64H70B2N2/c1-35-23-37(3)57(38(4)24-35)65-49-33-56-50(34-55(49)67-53-21-19-41(61(7,8)9)27-45(53)47-29-43(63(13,14)15)31-51(65)59(47)67)66(58-39(5)25-36(2)26-40(58)6)52-32-44(64(16,17)18)30-48-46-28-42(62(10,11)12)20-22-54(46)68(56)60(48)52/h19-34H,1-18H3. The van der Waals surface area contributed by atoms with Crippen molar-refractivity contribution in [3.63, 3.8) is 0 Å². The van der Waals surface area contributed by atoms with Crippen molar-refractivity contribution in [3.8, 4) is 11.4 Å². The van der Waals surface area contributed by atoms with Crippen molar-refractivity contribution in [3.05, 3.63) is 153 Å². The minimum atomic E-state index is -0.0486. The van der Waals surface area contributed by atoms with Crippen molar-refractivity contribution in [2.24, 2.45) is 0 Å². The number of nitrogens with zero attached hydrogens (tertiary/aromatic N) is 2. The molecule has 0 bridgehead atoms. The number of benzene rings is 7. The summed E-state index contributed by atoms with van der Waals surface area (Å²) in [7, 11) is 0. The number of hydrogen-bond donors (Lipinski definition) is 0.